The zero-order chi connectivity index (χ0) is 26.9. The number of para-hydroxylation sites is 1. The number of nitrogens with zero attached hydrogens (tertiary/aromatic N) is 1. The van der Waals surface area contributed by atoms with Crippen LogP contribution in [0.1, 0.15) is 38.2 Å². The van der Waals surface area contributed by atoms with E-state index in [0.717, 1.165) is 15.5 Å². The van der Waals surface area contributed by atoms with Gasteiger partial charge in [-0.25, -0.2) is 0 Å². The van der Waals surface area contributed by atoms with Crippen molar-refractivity contribution in [1.29, 1.82) is 0 Å². The number of nitrogens with one attached hydrogen (secondary N) is 1. The highest BCUT2D eigenvalue weighted by molar-refractivity contribution is 7.99. The van der Waals surface area contributed by atoms with Gasteiger partial charge in [0.15, 0.2) is 0 Å². The van der Waals surface area contributed by atoms with Gasteiger partial charge in [0.1, 0.15) is 5.75 Å². The van der Waals surface area contributed by atoms with E-state index in [2.05, 4.69) is 5.32 Å². The molecule has 1 unspecified atom stereocenters. The summed E-state index contributed by atoms with van der Waals surface area (Å²) in [7, 11) is 1.61. The Bertz CT molecular complexity index is 1170. The standard InChI is InChI=1S/C27H30Cl2N2O5S/c1-17(16-25(34)35)15-23(32)30-19-11-13-31(14-12-19)24(33)10-8-18-7-9-22(27(29)26(18)28)37-21-6-4-3-5-20(21)36-2/h3-10,17,19H,11-16H2,1-2H3,(H,30,32)(H,34,35). The first-order valence-electron chi connectivity index (χ1n) is 11.9. The van der Waals surface area contributed by atoms with Gasteiger partial charge in [-0.2, -0.15) is 0 Å². The van der Waals surface area contributed by atoms with Gasteiger partial charge in [-0.05, 0) is 48.6 Å². The summed E-state index contributed by atoms with van der Waals surface area (Å²) >= 11 is 14.5. The maximum Gasteiger partial charge on any atom is 0.303 e. The molecule has 0 radical (unpaired) electrons. The number of carboxylic acids is 1. The van der Waals surface area contributed by atoms with Gasteiger partial charge in [-0.3, -0.25) is 14.4 Å². The number of carbonyl (C=O) groups excluding carboxylic acids is 2. The highest BCUT2D eigenvalue weighted by Gasteiger charge is 2.23. The van der Waals surface area contributed by atoms with Crippen molar-refractivity contribution in [3.05, 3.63) is 58.1 Å². The van der Waals surface area contributed by atoms with Crippen molar-refractivity contribution in [3.63, 3.8) is 0 Å². The number of amides is 2. The topological polar surface area (TPSA) is 95.9 Å². The second kappa shape index (κ2) is 13.7. The number of halogens is 2. The largest absolute Gasteiger partial charge is 0.496 e. The van der Waals surface area contributed by atoms with Crippen LogP contribution in [0, 0.1) is 5.92 Å². The number of carboxylic acid groups (broad SMARTS) is 1. The molecule has 0 aliphatic carbocycles. The molecular formula is C27H30Cl2N2O5S. The molecule has 0 saturated carbocycles. The zero-order valence-electron chi connectivity index (χ0n) is 20.7. The molecule has 1 aliphatic heterocycles. The summed E-state index contributed by atoms with van der Waals surface area (Å²) in [5.74, 6) is -0.688. The van der Waals surface area contributed by atoms with Crippen molar-refractivity contribution in [3.8, 4) is 5.75 Å². The Balaban J connectivity index is 1.53. The monoisotopic (exact) mass is 564 g/mol. The Kier molecular flexibility index (Phi) is 10.7. The minimum absolute atomic E-state index is 0.0286. The molecule has 1 heterocycles. The predicted molar refractivity (Wildman–Crippen MR) is 146 cm³/mol. The Morgan fingerprint density at radius 2 is 1.81 bits per heavy atom. The lowest BCUT2D eigenvalue weighted by Crippen LogP contribution is -2.46. The first-order valence-corrected chi connectivity index (χ1v) is 13.5. The summed E-state index contributed by atoms with van der Waals surface area (Å²) in [6, 6.07) is 11.3. The molecule has 10 heteroatoms. The fourth-order valence-electron chi connectivity index (χ4n) is 4.06. The van der Waals surface area contributed by atoms with Gasteiger partial charge in [0.2, 0.25) is 11.8 Å². The molecule has 0 aromatic heterocycles. The first-order chi connectivity index (χ1) is 17.7. The Hall–Kier alpha value is -2.68. The number of likely N-dealkylation sites (tertiary alicyclic amines) is 1. The third-order valence-electron chi connectivity index (χ3n) is 6.00. The first kappa shape index (κ1) is 28.9. The van der Waals surface area contributed by atoms with Gasteiger partial charge in [0.25, 0.3) is 0 Å². The summed E-state index contributed by atoms with van der Waals surface area (Å²) in [6.07, 6.45) is 4.56. The maximum absolute atomic E-state index is 12.7. The number of rotatable bonds is 10. The molecule has 0 bridgehead atoms. The van der Waals surface area contributed by atoms with Gasteiger partial charge in [0.05, 0.1) is 22.1 Å². The van der Waals surface area contributed by atoms with E-state index in [1.165, 1.54) is 17.8 Å². The van der Waals surface area contributed by atoms with Crippen molar-refractivity contribution in [2.45, 2.75) is 48.4 Å². The van der Waals surface area contributed by atoms with Crippen LogP contribution >= 0.6 is 35.0 Å². The second-order valence-corrected chi connectivity index (χ2v) is 10.8. The summed E-state index contributed by atoms with van der Waals surface area (Å²) in [5, 5.41) is 12.6. The molecule has 7 nitrogen and oxygen atoms in total. The summed E-state index contributed by atoms with van der Waals surface area (Å²) in [4.78, 5) is 39.1. The summed E-state index contributed by atoms with van der Waals surface area (Å²) < 4.78 is 5.40. The molecule has 2 amide bonds. The van der Waals surface area contributed by atoms with Gasteiger partial charge in [-0.15, -0.1) is 0 Å². The number of hydrogen-bond acceptors (Lipinski definition) is 5. The molecule has 37 heavy (non-hydrogen) atoms. The quantitative estimate of drug-likeness (QED) is 0.355. The van der Waals surface area contributed by atoms with Crippen LogP contribution in [0.3, 0.4) is 0 Å². The van der Waals surface area contributed by atoms with Crippen LogP contribution in [0.4, 0.5) is 0 Å². The van der Waals surface area contributed by atoms with E-state index in [9.17, 15) is 14.4 Å². The maximum atomic E-state index is 12.7. The van der Waals surface area contributed by atoms with Crippen LogP contribution in [0.15, 0.2) is 52.3 Å². The Morgan fingerprint density at radius 3 is 2.49 bits per heavy atom. The van der Waals surface area contributed by atoms with Crippen molar-refractivity contribution >= 4 is 58.8 Å². The van der Waals surface area contributed by atoms with Gasteiger partial charge >= 0.3 is 5.97 Å². The molecule has 1 fully saturated rings. The SMILES string of the molecule is COc1ccccc1Sc1ccc(C=CC(=O)N2CCC(NC(=O)CC(C)CC(=O)O)CC2)c(Cl)c1Cl. The number of benzene rings is 2. The third-order valence-corrected chi connectivity index (χ3v) is 8.13. The van der Waals surface area contributed by atoms with Crippen molar-refractivity contribution in [2.75, 3.05) is 20.2 Å². The number of methoxy groups -OCH3 is 1. The van der Waals surface area contributed by atoms with Crippen molar-refractivity contribution < 1.29 is 24.2 Å². The smallest absolute Gasteiger partial charge is 0.303 e. The van der Waals surface area contributed by atoms with Crippen molar-refractivity contribution in [2.24, 2.45) is 5.92 Å². The van der Waals surface area contributed by atoms with Crippen LogP contribution in [0.5, 0.6) is 5.75 Å². The van der Waals surface area contributed by atoms with E-state index in [1.54, 1.807) is 25.0 Å². The molecule has 0 spiro atoms. The van der Waals surface area contributed by atoms with Crippen molar-refractivity contribution in [1.82, 2.24) is 10.2 Å². The Morgan fingerprint density at radius 1 is 1.11 bits per heavy atom. The molecule has 2 N–H and O–H groups in total. The predicted octanol–water partition coefficient (Wildman–Crippen LogP) is 5.77. The molecule has 2 aromatic carbocycles. The lowest BCUT2D eigenvalue weighted by Gasteiger charge is -2.32. The van der Waals surface area contributed by atoms with Crippen LogP contribution in [-0.4, -0.2) is 54.0 Å². The zero-order valence-corrected chi connectivity index (χ0v) is 23.0. The van der Waals surface area contributed by atoms with E-state index < -0.39 is 5.97 Å². The fourth-order valence-corrected chi connectivity index (χ4v) is 5.59. The minimum Gasteiger partial charge on any atom is -0.496 e. The third kappa shape index (κ3) is 8.42. The van der Waals surface area contributed by atoms with E-state index in [4.69, 9.17) is 33.0 Å². The lowest BCUT2D eigenvalue weighted by molar-refractivity contribution is -0.138. The Labute approximate surface area is 231 Å². The van der Waals surface area contributed by atoms with Crippen LogP contribution in [-0.2, 0) is 14.4 Å². The van der Waals surface area contributed by atoms with Crippen LogP contribution in [0.2, 0.25) is 10.0 Å². The second-order valence-electron chi connectivity index (χ2n) is 8.94. The van der Waals surface area contributed by atoms with Crippen LogP contribution in [0.25, 0.3) is 6.08 Å². The number of carbonyl (C=O) groups is 3. The molecule has 2 aromatic rings. The van der Waals surface area contributed by atoms with Gasteiger partial charge in [-0.1, -0.05) is 60.1 Å². The highest BCUT2D eigenvalue weighted by Crippen LogP contribution is 2.42. The number of piperidine rings is 1. The molecule has 198 valence electrons. The number of aliphatic carboxylic acids is 1. The van der Waals surface area contributed by atoms with E-state index >= 15 is 0 Å². The summed E-state index contributed by atoms with van der Waals surface area (Å²) in [6.45, 7) is 2.77. The average Bonchev–Trinajstić information content (AvgIpc) is 2.86. The molecule has 1 saturated heterocycles. The average molecular weight is 566 g/mol. The van der Waals surface area contributed by atoms with Crippen LogP contribution < -0.4 is 10.1 Å². The lowest BCUT2D eigenvalue weighted by atomic mass is 10.0. The van der Waals surface area contributed by atoms with E-state index in [-0.39, 0.29) is 36.6 Å². The normalized spacial score (nSPS) is 15.0. The molecule has 3 rings (SSSR count). The molecule has 1 atom stereocenters. The van der Waals surface area contributed by atoms with E-state index in [0.29, 0.717) is 41.5 Å². The molecule has 1 aliphatic rings. The molecular weight excluding hydrogens is 535 g/mol. The highest BCUT2D eigenvalue weighted by atomic mass is 35.5. The number of ether oxygens (including phenoxy) is 1. The van der Waals surface area contributed by atoms with Gasteiger partial charge < -0.3 is 20.1 Å². The van der Waals surface area contributed by atoms with Gasteiger partial charge in [0, 0.05) is 42.9 Å². The summed E-state index contributed by atoms with van der Waals surface area (Å²) in [5.41, 5.74) is 0.641. The minimum atomic E-state index is -0.911. The fraction of sp³-hybridized carbons (Fsp3) is 0.370. The number of hydrogen-bond donors (Lipinski definition) is 2. The van der Waals surface area contributed by atoms with E-state index in [1.807, 2.05) is 36.4 Å².